The van der Waals surface area contributed by atoms with Crippen molar-refractivity contribution in [3.05, 3.63) is 62.8 Å². The van der Waals surface area contributed by atoms with E-state index in [2.05, 4.69) is 10.2 Å². The molecule has 0 radical (unpaired) electrons. The smallest absolute Gasteiger partial charge is 0.277 e. The van der Waals surface area contributed by atoms with Gasteiger partial charge in [0, 0.05) is 13.1 Å². The average Bonchev–Trinajstić information content (AvgIpc) is 2.61. The first-order chi connectivity index (χ1) is 12.0. The molecular formula is C19H22FN3O2. The quantitative estimate of drug-likeness (QED) is 0.932. The summed E-state index contributed by atoms with van der Waals surface area (Å²) in [6.45, 7) is 4.79. The number of hydrogen-bond acceptors (Lipinski definition) is 3. The third-order valence-electron chi connectivity index (χ3n) is 5.02. The van der Waals surface area contributed by atoms with Crippen molar-refractivity contribution >= 4 is 5.91 Å². The second-order valence-corrected chi connectivity index (χ2v) is 6.70. The van der Waals surface area contributed by atoms with Gasteiger partial charge in [0.25, 0.3) is 11.5 Å². The molecule has 0 aliphatic carbocycles. The predicted octanol–water partition coefficient (Wildman–Crippen LogP) is 2.62. The Morgan fingerprint density at radius 1 is 1.24 bits per heavy atom. The second-order valence-electron chi connectivity index (χ2n) is 6.70. The monoisotopic (exact) mass is 343 g/mol. The first-order valence-electron chi connectivity index (χ1n) is 8.55. The molecule has 0 unspecified atom stereocenters. The SMILES string of the molecule is Cc1n[nH]c(=O)c(C(=O)N2CCC(Cc3ccc(F)cc3)CC2)c1C. The zero-order valence-electron chi connectivity index (χ0n) is 14.5. The molecule has 2 aromatic rings. The normalized spacial score (nSPS) is 15.4. The van der Waals surface area contributed by atoms with Crippen molar-refractivity contribution in [2.75, 3.05) is 13.1 Å². The fraction of sp³-hybridized carbons (Fsp3) is 0.421. The molecule has 2 heterocycles. The molecule has 1 fully saturated rings. The number of carbonyl (C=O) groups is 1. The van der Waals surface area contributed by atoms with Gasteiger partial charge in [-0.05, 0) is 62.3 Å². The van der Waals surface area contributed by atoms with E-state index in [1.54, 1.807) is 18.7 Å². The van der Waals surface area contributed by atoms with E-state index in [-0.39, 0.29) is 17.3 Å². The molecular weight excluding hydrogens is 321 g/mol. The van der Waals surface area contributed by atoms with Crippen molar-refractivity contribution in [3.63, 3.8) is 0 Å². The van der Waals surface area contributed by atoms with E-state index in [0.29, 0.717) is 30.3 Å². The summed E-state index contributed by atoms with van der Waals surface area (Å²) in [5.74, 6) is 0.0231. The molecule has 1 N–H and O–H groups in total. The number of aryl methyl sites for hydroxylation is 1. The lowest BCUT2D eigenvalue weighted by Crippen LogP contribution is -2.41. The molecule has 0 saturated carbocycles. The van der Waals surface area contributed by atoms with Crippen molar-refractivity contribution in [1.29, 1.82) is 0 Å². The Hall–Kier alpha value is -2.50. The molecule has 3 rings (SSSR count). The number of aromatic nitrogens is 2. The Bertz CT molecular complexity index is 822. The fourth-order valence-corrected chi connectivity index (χ4v) is 3.34. The third kappa shape index (κ3) is 3.78. The van der Waals surface area contributed by atoms with E-state index < -0.39 is 5.56 Å². The van der Waals surface area contributed by atoms with Crippen LogP contribution in [0.5, 0.6) is 0 Å². The van der Waals surface area contributed by atoms with Gasteiger partial charge in [0.2, 0.25) is 0 Å². The molecule has 0 spiro atoms. The number of amides is 1. The van der Waals surface area contributed by atoms with Gasteiger partial charge in [-0.1, -0.05) is 12.1 Å². The van der Waals surface area contributed by atoms with Gasteiger partial charge in [0.15, 0.2) is 0 Å². The number of hydrogen-bond donors (Lipinski definition) is 1. The summed E-state index contributed by atoms with van der Waals surface area (Å²) in [5, 5.41) is 6.29. The van der Waals surface area contributed by atoms with Crippen LogP contribution >= 0.6 is 0 Å². The van der Waals surface area contributed by atoms with Crippen molar-refractivity contribution in [1.82, 2.24) is 15.1 Å². The Morgan fingerprint density at radius 2 is 1.88 bits per heavy atom. The van der Waals surface area contributed by atoms with Gasteiger partial charge in [-0.2, -0.15) is 5.10 Å². The Labute approximate surface area is 145 Å². The molecule has 132 valence electrons. The van der Waals surface area contributed by atoms with Gasteiger partial charge in [0.05, 0.1) is 5.69 Å². The second kappa shape index (κ2) is 7.17. The van der Waals surface area contributed by atoms with Crippen LogP contribution in [0, 0.1) is 25.6 Å². The highest BCUT2D eigenvalue weighted by atomic mass is 19.1. The summed E-state index contributed by atoms with van der Waals surface area (Å²) in [6, 6.07) is 6.59. The number of rotatable bonds is 3. The number of halogens is 1. The standard InChI is InChI=1S/C19H22FN3O2/c1-12-13(2)21-22-18(24)17(12)19(25)23-9-7-15(8-10-23)11-14-3-5-16(20)6-4-14/h3-6,15H,7-11H2,1-2H3,(H,22,24). The maximum absolute atomic E-state index is 13.0. The molecule has 1 aliphatic rings. The lowest BCUT2D eigenvalue weighted by molar-refractivity contribution is 0.0687. The lowest BCUT2D eigenvalue weighted by Gasteiger charge is -2.32. The Balaban J connectivity index is 1.64. The molecule has 5 nitrogen and oxygen atoms in total. The highest BCUT2D eigenvalue weighted by Crippen LogP contribution is 2.23. The van der Waals surface area contributed by atoms with Crippen LogP contribution in [-0.2, 0) is 6.42 Å². The van der Waals surface area contributed by atoms with Crippen LogP contribution in [-0.4, -0.2) is 34.1 Å². The molecule has 0 atom stereocenters. The first-order valence-corrected chi connectivity index (χ1v) is 8.55. The minimum atomic E-state index is -0.429. The summed E-state index contributed by atoms with van der Waals surface area (Å²) in [7, 11) is 0. The number of aromatic amines is 1. The summed E-state index contributed by atoms with van der Waals surface area (Å²) in [5.41, 5.74) is 2.19. The molecule has 1 aliphatic heterocycles. The van der Waals surface area contributed by atoms with Crippen molar-refractivity contribution in [2.24, 2.45) is 5.92 Å². The van der Waals surface area contributed by atoms with E-state index in [9.17, 15) is 14.0 Å². The van der Waals surface area contributed by atoms with Gasteiger partial charge in [-0.15, -0.1) is 0 Å². The molecule has 1 aromatic carbocycles. The van der Waals surface area contributed by atoms with Crippen LogP contribution in [0.15, 0.2) is 29.1 Å². The number of likely N-dealkylation sites (tertiary alicyclic amines) is 1. The molecule has 0 bridgehead atoms. The number of H-pyrrole nitrogens is 1. The van der Waals surface area contributed by atoms with E-state index in [1.165, 1.54) is 12.1 Å². The Morgan fingerprint density at radius 3 is 2.52 bits per heavy atom. The van der Waals surface area contributed by atoms with Crippen LogP contribution in [0.4, 0.5) is 4.39 Å². The molecule has 1 saturated heterocycles. The van der Waals surface area contributed by atoms with Gasteiger partial charge in [0.1, 0.15) is 11.4 Å². The minimum absolute atomic E-state index is 0.199. The number of benzene rings is 1. The predicted molar refractivity (Wildman–Crippen MR) is 93.1 cm³/mol. The van der Waals surface area contributed by atoms with Gasteiger partial charge in [-0.25, -0.2) is 9.49 Å². The summed E-state index contributed by atoms with van der Waals surface area (Å²) >= 11 is 0. The number of nitrogens with zero attached hydrogens (tertiary/aromatic N) is 2. The topological polar surface area (TPSA) is 66.1 Å². The van der Waals surface area contributed by atoms with Crippen LogP contribution in [0.2, 0.25) is 0 Å². The van der Waals surface area contributed by atoms with E-state index >= 15 is 0 Å². The first kappa shape index (κ1) is 17.3. The maximum Gasteiger partial charge on any atom is 0.277 e. The van der Waals surface area contributed by atoms with Crippen LogP contribution in [0.3, 0.4) is 0 Å². The van der Waals surface area contributed by atoms with Gasteiger partial charge < -0.3 is 4.90 Å². The zero-order valence-corrected chi connectivity index (χ0v) is 14.5. The molecule has 1 amide bonds. The fourth-order valence-electron chi connectivity index (χ4n) is 3.34. The third-order valence-corrected chi connectivity index (χ3v) is 5.02. The Kier molecular flexibility index (Phi) is 4.97. The summed E-state index contributed by atoms with van der Waals surface area (Å²) in [4.78, 5) is 26.5. The molecule has 6 heteroatoms. The van der Waals surface area contributed by atoms with E-state index in [1.807, 2.05) is 12.1 Å². The number of nitrogens with one attached hydrogen (secondary N) is 1. The van der Waals surface area contributed by atoms with Crippen LogP contribution < -0.4 is 5.56 Å². The highest BCUT2D eigenvalue weighted by Gasteiger charge is 2.27. The van der Waals surface area contributed by atoms with Gasteiger partial charge in [-0.3, -0.25) is 9.59 Å². The number of piperidine rings is 1. The zero-order chi connectivity index (χ0) is 18.0. The molecule has 1 aromatic heterocycles. The van der Waals surface area contributed by atoms with Crippen molar-refractivity contribution in [3.8, 4) is 0 Å². The average molecular weight is 343 g/mol. The maximum atomic E-state index is 13.0. The lowest BCUT2D eigenvalue weighted by atomic mass is 9.90. The highest BCUT2D eigenvalue weighted by molar-refractivity contribution is 5.95. The van der Waals surface area contributed by atoms with Crippen molar-refractivity contribution < 1.29 is 9.18 Å². The van der Waals surface area contributed by atoms with E-state index in [4.69, 9.17) is 0 Å². The van der Waals surface area contributed by atoms with Crippen LogP contribution in [0.1, 0.15) is 40.0 Å². The molecule has 25 heavy (non-hydrogen) atoms. The van der Waals surface area contributed by atoms with Crippen LogP contribution in [0.25, 0.3) is 0 Å². The number of carbonyl (C=O) groups excluding carboxylic acids is 1. The summed E-state index contributed by atoms with van der Waals surface area (Å²) in [6.07, 6.45) is 2.64. The van der Waals surface area contributed by atoms with E-state index in [0.717, 1.165) is 24.8 Å². The van der Waals surface area contributed by atoms with Gasteiger partial charge >= 0.3 is 0 Å². The minimum Gasteiger partial charge on any atom is -0.338 e. The largest absolute Gasteiger partial charge is 0.338 e. The van der Waals surface area contributed by atoms with Crippen molar-refractivity contribution in [2.45, 2.75) is 33.1 Å². The summed E-state index contributed by atoms with van der Waals surface area (Å²) < 4.78 is 13.0.